The van der Waals surface area contributed by atoms with E-state index in [9.17, 15) is 19.2 Å². The van der Waals surface area contributed by atoms with Crippen molar-refractivity contribution in [2.45, 2.75) is 52.7 Å². The van der Waals surface area contributed by atoms with E-state index in [1.165, 1.54) is 7.11 Å². The Kier molecular flexibility index (Phi) is 10.4. The minimum atomic E-state index is -0.800. The highest BCUT2D eigenvalue weighted by atomic mass is 16.5. The highest BCUT2D eigenvalue weighted by molar-refractivity contribution is 5.92. The number of esters is 2. The Hall–Kier alpha value is -3.10. The van der Waals surface area contributed by atoms with Crippen LogP contribution in [-0.2, 0) is 25.6 Å². The first-order chi connectivity index (χ1) is 14.2. The third-order valence-corrected chi connectivity index (χ3v) is 4.38. The molecule has 0 bridgehead atoms. The van der Waals surface area contributed by atoms with Gasteiger partial charge in [0.15, 0.2) is 6.61 Å². The van der Waals surface area contributed by atoms with Crippen molar-refractivity contribution in [1.82, 2.24) is 16.0 Å². The first kappa shape index (κ1) is 24.9. The summed E-state index contributed by atoms with van der Waals surface area (Å²) in [5.41, 5.74) is 1.07. The molecular formula is C21H31N3O6. The van der Waals surface area contributed by atoms with Gasteiger partial charge in [-0.25, -0.2) is 14.4 Å². The molecule has 3 amide bonds. The molecule has 9 nitrogen and oxygen atoms in total. The van der Waals surface area contributed by atoms with Crippen LogP contribution in [0.1, 0.15) is 50.0 Å². The average molecular weight is 421 g/mol. The van der Waals surface area contributed by atoms with Crippen LogP contribution in [0, 0.1) is 5.92 Å². The summed E-state index contributed by atoms with van der Waals surface area (Å²) < 4.78 is 9.72. The van der Waals surface area contributed by atoms with Gasteiger partial charge in [0.05, 0.1) is 12.7 Å². The summed E-state index contributed by atoms with van der Waals surface area (Å²) in [6.07, 6.45) is 0.667. The monoisotopic (exact) mass is 421 g/mol. The number of ether oxygens (including phenoxy) is 2. The predicted molar refractivity (Wildman–Crippen MR) is 111 cm³/mol. The minimum Gasteiger partial charge on any atom is -0.467 e. The summed E-state index contributed by atoms with van der Waals surface area (Å²) in [5.74, 6) is -1.92. The minimum absolute atomic E-state index is 0.0347. The van der Waals surface area contributed by atoms with Gasteiger partial charge < -0.3 is 25.4 Å². The summed E-state index contributed by atoms with van der Waals surface area (Å²) in [7, 11) is 1.25. The van der Waals surface area contributed by atoms with Crippen molar-refractivity contribution in [2.24, 2.45) is 5.92 Å². The van der Waals surface area contributed by atoms with Gasteiger partial charge in [-0.05, 0) is 37.5 Å². The van der Waals surface area contributed by atoms with Crippen LogP contribution in [0.5, 0.6) is 0 Å². The zero-order chi connectivity index (χ0) is 22.7. The van der Waals surface area contributed by atoms with Gasteiger partial charge in [0.25, 0.3) is 5.91 Å². The molecule has 2 atom stereocenters. The van der Waals surface area contributed by atoms with Gasteiger partial charge in [-0.15, -0.1) is 0 Å². The number of amides is 3. The Morgan fingerprint density at radius 2 is 1.63 bits per heavy atom. The zero-order valence-electron chi connectivity index (χ0n) is 18.1. The normalized spacial score (nSPS) is 12.5. The standard InChI is InChI=1S/C21H31N3O6/c1-6-14(4)18(20(27)29-5)24-17(25)12-30-19(26)16-9-7-15(8-10-16)11-22-21(28)23-13(2)3/h7-10,13-14,18H,6,11-12H2,1-5H3,(H,24,25)(H2,22,23,28)/t14-,18-/m0/s1. The molecule has 1 rings (SSSR count). The van der Waals surface area contributed by atoms with Crippen LogP contribution >= 0.6 is 0 Å². The molecule has 0 saturated carbocycles. The van der Waals surface area contributed by atoms with Gasteiger partial charge in [-0.2, -0.15) is 0 Å². The molecule has 0 radical (unpaired) electrons. The molecule has 30 heavy (non-hydrogen) atoms. The van der Waals surface area contributed by atoms with Gasteiger partial charge in [-0.1, -0.05) is 32.4 Å². The summed E-state index contributed by atoms with van der Waals surface area (Å²) in [4.78, 5) is 47.6. The second kappa shape index (κ2) is 12.5. The van der Waals surface area contributed by atoms with Crippen molar-refractivity contribution < 1.29 is 28.7 Å². The molecule has 1 aromatic rings. The topological polar surface area (TPSA) is 123 Å². The molecule has 1 aromatic carbocycles. The third-order valence-electron chi connectivity index (χ3n) is 4.38. The lowest BCUT2D eigenvalue weighted by molar-refractivity contribution is -0.147. The van der Waals surface area contributed by atoms with Crippen LogP contribution in [-0.4, -0.2) is 49.7 Å². The van der Waals surface area contributed by atoms with E-state index in [0.717, 1.165) is 5.56 Å². The molecule has 166 valence electrons. The predicted octanol–water partition coefficient (Wildman–Crippen LogP) is 1.75. The van der Waals surface area contributed by atoms with E-state index in [0.29, 0.717) is 13.0 Å². The lowest BCUT2D eigenvalue weighted by atomic mass is 9.99. The molecule has 0 aliphatic heterocycles. The van der Waals surface area contributed by atoms with Gasteiger partial charge in [0.1, 0.15) is 6.04 Å². The van der Waals surface area contributed by atoms with Crippen molar-refractivity contribution in [3.63, 3.8) is 0 Å². The Morgan fingerprint density at radius 1 is 1.00 bits per heavy atom. The fourth-order valence-corrected chi connectivity index (χ4v) is 2.48. The number of hydrogen-bond acceptors (Lipinski definition) is 6. The summed E-state index contributed by atoms with van der Waals surface area (Å²) in [6.45, 7) is 7.22. The van der Waals surface area contributed by atoms with Gasteiger partial charge in [0, 0.05) is 12.6 Å². The Balaban J connectivity index is 2.53. The van der Waals surface area contributed by atoms with Crippen LogP contribution in [0.25, 0.3) is 0 Å². The SMILES string of the molecule is CC[C@H](C)[C@H](NC(=O)COC(=O)c1ccc(CNC(=O)NC(C)C)cc1)C(=O)OC. The van der Waals surface area contributed by atoms with Crippen LogP contribution in [0.4, 0.5) is 4.79 Å². The van der Waals surface area contributed by atoms with E-state index >= 15 is 0 Å². The zero-order valence-corrected chi connectivity index (χ0v) is 18.1. The van der Waals surface area contributed by atoms with E-state index in [4.69, 9.17) is 9.47 Å². The van der Waals surface area contributed by atoms with E-state index in [1.54, 1.807) is 24.3 Å². The molecular weight excluding hydrogens is 390 g/mol. The van der Waals surface area contributed by atoms with Crippen molar-refractivity contribution in [1.29, 1.82) is 0 Å². The largest absolute Gasteiger partial charge is 0.467 e. The molecule has 9 heteroatoms. The highest BCUT2D eigenvalue weighted by Gasteiger charge is 2.27. The number of urea groups is 1. The maximum Gasteiger partial charge on any atom is 0.338 e. The number of carbonyl (C=O) groups excluding carboxylic acids is 4. The second-order valence-corrected chi connectivity index (χ2v) is 7.21. The summed E-state index contributed by atoms with van der Waals surface area (Å²) >= 11 is 0. The van der Waals surface area contributed by atoms with Crippen molar-refractivity contribution in [3.8, 4) is 0 Å². The van der Waals surface area contributed by atoms with Crippen LogP contribution in [0.15, 0.2) is 24.3 Å². The lowest BCUT2D eigenvalue weighted by Gasteiger charge is -2.21. The molecule has 0 aliphatic carbocycles. The maximum absolute atomic E-state index is 12.1. The number of hydrogen-bond donors (Lipinski definition) is 3. The molecule has 0 heterocycles. The fourth-order valence-electron chi connectivity index (χ4n) is 2.48. The molecule has 0 spiro atoms. The van der Waals surface area contributed by atoms with Crippen molar-refractivity contribution in [2.75, 3.05) is 13.7 Å². The number of rotatable bonds is 10. The number of methoxy groups -OCH3 is 1. The molecule has 0 aliphatic rings. The lowest BCUT2D eigenvalue weighted by Crippen LogP contribution is -2.47. The smallest absolute Gasteiger partial charge is 0.338 e. The Bertz CT molecular complexity index is 733. The fraction of sp³-hybridized carbons (Fsp3) is 0.524. The number of carbonyl (C=O) groups is 4. The molecule has 0 aromatic heterocycles. The average Bonchev–Trinajstić information content (AvgIpc) is 2.73. The van der Waals surface area contributed by atoms with Crippen molar-refractivity contribution in [3.05, 3.63) is 35.4 Å². The van der Waals surface area contributed by atoms with E-state index < -0.39 is 30.5 Å². The van der Waals surface area contributed by atoms with E-state index in [1.807, 2.05) is 27.7 Å². The van der Waals surface area contributed by atoms with E-state index in [2.05, 4.69) is 16.0 Å². The molecule has 0 saturated heterocycles. The van der Waals surface area contributed by atoms with Gasteiger partial charge in [-0.3, -0.25) is 4.79 Å². The Morgan fingerprint density at radius 3 is 2.17 bits per heavy atom. The molecule has 3 N–H and O–H groups in total. The highest BCUT2D eigenvalue weighted by Crippen LogP contribution is 2.10. The summed E-state index contributed by atoms with van der Waals surface area (Å²) in [5, 5.41) is 7.96. The summed E-state index contributed by atoms with van der Waals surface area (Å²) in [6, 6.07) is 5.42. The van der Waals surface area contributed by atoms with Crippen LogP contribution in [0.2, 0.25) is 0 Å². The van der Waals surface area contributed by atoms with Crippen LogP contribution in [0.3, 0.4) is 0 Å². The molecule has 0 unspecified atom stereocenters. The van der Waals surface area contributed by atoms with Gasteiger partial charge in [0.2, 0.25) is 0 Å². The number of nitrogens with one attached hydrogen (secondary N) is 3. The van der Waals surface area contributed by atoms with Crippen LogP contribution < -0.4 is 16.0 Å². The Labute approximate surface area is 176 Å². The number of benzene rings is 1. The maximum atomic E-state index is 12.1. The first-order valence-electron chi connectivity index (χ1n) is 9.85. The third kappa shape index (κ3) is 8.50. The van der Waals surface area contributed by atoms with Crippen molar-refractivity contribution >= 4 is 23.9 Å². The van der Waals surface area contributed by atoms with E-state index in [-0.39, 0.29) is 23.6 Å². The molecule has 0 fully saturated rings. The van der Waals surface area contributed by atoms with Gasteiger partial charge >= 0.3 is 18.0 Å². The first-order valence-corrected chi connectivity index (χ1v) is 9.85. The quantitative estimate of drug-likeness (QED) is 0.495. The second-order valence-electron chi connectivity index (χ2n) is 7.21.